The summed E-state index contributed by atoms with van der Waals surface area (Å²) >= 11 is 0. The second-order valence-electron chi connectivity index (χ2n) is 5.31. The average Bonchev–Trinajstić information content (AvgIpc) is 2.15. The summed E-state index contributed by atoms with van der Waals surface area (Å²) in [5.41, 5.74) is 1.27. The lowest BCUT2D eigenvalue weighted by molar-refractivity contribution is 0.472. The van der Waals surface area contributed by atoms with Gasteiger partial charge in [-0.1, -0.05) is 0 Å². The van der Waals surface area contributed by atoms with Gasteiger partial charge in [-0.15, -0.1) is 0 Å². The van der Waals surface area contributed by atoms with Gasteiger partial charge in [-0.2, -0.15) is 0 Å². The van der Waals surface area contributed by atoms with Gasteiger partial charge in [-0.3, -0.25) is 0 Å². The van der Waals surface area contributed by atoms with Crippen LogP contribution >= 0.6 is 0 Å². The van der Waals surface area contributed by atoms with E-state index in [-0.39, 0.29) is 5.54 Å². The topological polar surface area (TPSA) is 3.24 Å². The second-order valence-corrected chi connectivity index (χ2v) is 5.31. The maximum atomic E-state index is 13.6. The molecule has 0 saturated heterocycles. The van der Waals surface area contributed by atoms with E-state index in [1.807, 2.05) is 0 Å². The van der Waals surface area contributed by atoms with Crippen molar-refractivity contribution in [1.82, 2.24) is 0 Å². The standard InChI is InChI=1S/C13H17F2N/c1-13(2,3)16-6-4-5-10-11(15)7-9(14)8-12(10)16/h7-8H,4-6H2,1-3H3. The Balaban J connectivity index is 2.54. The summed E-state index contributed by atoms with van der Waals surface area (Å²) in [6, 6.07) is 2.42. The van der Waals surface area contributed by atoms with Gasteiger partial charge in [0.2, 0.25) is 0 Å². The second kappa shape index (κ2) is 3.72. The Morgan fingerprint density at radius 1 is 1.19 bits per heavy atom. The summed E-state index contributed by atoms with van der Waals surface area (Å²) in [5.74, 6) is -0.906. The van der Waals surface area contributed by atoms with E-state index in [0.717, 1.165) is 24.7 Å². The Labute approximate surface area is 95.1 Å². The molecule has 0 spiro atoms. The molecule has 0 saturated carbocycles. The molecule has 1 nitrogen and oxygen atoms in total. The quantitative estimate of drug-likeness (QED) is 0.653. The fourth-order valence-corrected chi connectivity index (χ4v) is 2.31. The predicted molar refractivity (Wildman–Crippen MR) is 61.8 cm³/mol. The zero-order valence-corrected chi connectivity index (χ0v) is 9.98. The lowest BCUT2D eigenvalue weighted by Gasteiger charge is -2.41. The van der Waals surface area contributed by atoms with Gasteiger partial charge < -0.3 is 4.90 Å². The summed E-state index contributed by atoms with van der Waals surface area (Å²) in [5, 5.41) is 0. The number of halogens is 2. The summed E-state index contributed by atoms with van der Waals surface area (Å²) in [6.07, 6.45) is 1.63. The predicted octanol–water partition coefficient (Wildman–Crippen LogP) is 3.52. The molecule has 3 heteroatoms. The molecule has 1 aliphatic rings. The first-order valence-corrected chi connectivity index (χ1v) is 5.65. The molecule has 0 bridgehead atoms. The molecule has 0 aromatic heterocycles. The van der Waals surface area contributed by atoms with Gasteiger partial charge in [-0.25, -0.2) is 8.78 Å². The van der Waals surface area contributed by atoms with Crippen LogP contribution in [0.5, 0.6) is 0 Å². The molecule has 88 valence electrons. The van der Waals surface area contributed by atoms with Crippen LogP contribution in [0.3, 0.4) is 0 Å². The number of anilines is 1. The minimum atomic E-state index is -0.493. The van der Waals surface area contributed by atoms with Crippen LogP contribution < -0.4 is 4.90 Å². The Bertz CT molecular complexity index is 407. The third kappa shape index (κ3) is 1.91. The van der Waals surface area contributed by atoms with E-state index in [9.17, 15) is 8.78 Å². The minimum absolute atomic E-state index is 0.102. The molecular formula is C13H17F2N. The number of hydrogen-bond acceptors (Lipinski definition) is 1. The zero-order chi connectivity index (χ0) is 11.9. The molecule has 0 atom stereocenters. The molecule has 16 heavy (non-hydrogen) atoms. The van der Waals surface area contributed by atoms with Crippen molar-refractivity contribution < 1.29 is 8.78 Å². The third-order valence-corrected chi connectivity index (χ3v) is 3.05. The Morgan fingerprint density at radius 3 is 2.50 bits per heavy atom. The number of rotatable bonds is 0. The molecule has 1 aromatic rings. The van der Waals surface area contributed by atoms with Gasteiger partial charge >= 0.3 is 0 Å². The molecule has 2 rings (SSSR count). The zero-order valence-electron chi connectivity index (χ0n) is 9.98. The third-order valence-electron chi connectivity index (χ3n) is 3.05. The van der Waals surface area contributed by atoms with E-state index < -0.39 is 11.6 Å². The number of benzene rings is 1. The number of nitrogens with zero attached hydrogens (tertiary/aromatic N) is 1. The fourth-order valence-electron chi connectivity index (χ4n) is 2.31. The summed E-state index contributed by atoms with van der Waals surface area (Å²) in [6.45, 7) is 7.04. The van der Waals surface area contributed by atoms with E-state index in [1.165, 1.54) is 6.07 Å². The molecule has 0 aliphatic carbocycles. The lowest BCUT2D eigenvalue weighted by atomic mass is 9.95. The monoisotopic (exact) mass is 225 g/mol. The highest BCUT2D eigenvalue weighted by molar-refractivity contribution is 5.58. The van der Waals surface area contributed by atoms with Crippen molar-refractivity contribution in [2.24, 2.45) is 0 Å². The molecule has 0 unspecified atom stereocenters. The normalized spacial score (nSPS) is 16.2. The first-order valence-electron chi connectivity index (χ1n) is 5.65. The molecule has 1 aromatic carbocycles. The Hall–Kier alpha value is -1.12. The van der Waals surface area contributed by atoms with Gasteiger partial charge in [0.15, 0.2) is 0 Å². The van der Waals surface area contributed by atoms with Gasteiger partial charge in [0.1, 0.15) is 11.6 Å². The summed E-state index contributed by atoms with van der Waals surface area (Å²) in [4.78, 5) is 2.08. The number of hydrogen-bond donors (Lipinski definition) is 0. The van der Waals surface area contributed by atoms with Crippen molar-refractivity contribution in [1.29, 1.82) is 0 Å². The smallest absolute Gasteiger partial charge is 0.131 e. The van der Waals surface area contributed by atoms with E-state index in [4.69, 9.17) is 0 Å². The number of fused-ring (bicyclic) bond motifs is 1. The van der Waals surface area contributed by atoms with Crippen LogP contribution in [0.1, 0.15) is 32.8 Å². The van der Waals surface area contributed by atoms with Crippen LogP contribution in [0, 0.1) is 11.6 Å². The van der Waals surface area contributed by atoms with Gasteiger partial charge in [0.25, 0.3) is 0 Å². The van der Waals surface area contributed by atoms with Crippen molar-refractivity contribution in [3.63, 3.8) is 0 Å². The van der Waals surface area contributed by atoms with Crippen molar-refractivity contribution in [3.05, 3.63) is 29.3 Å². The van der Waals surface area contributed by atoms with Gasteiger partial charge in [0.05, 0.1) is 0 Å². The Morgan fingerprint density at radius 2 is 1.88 bits per heavy atom. The van der Waals surface area contributed by atoms with E-state index in [2.05, 4.69) is 25.7 Å². The maximum Gasteiger partial charge on any atom is 0.131 e. The molecule has 1 aliphatic heterocycles. The Kier molecular flexibility index (Phi) is 2.64. The fraction of sp³-hybridized carbons (Fsp3) is 0.538. The summed E-state index contributed by atoms with van der Waals surface area (Å²) < 4.78 is 26.9. The minimum Gasteiger partial charge on any atom is -0.366 e. The van der Waals surface area contributed by atoms with E-state index in [0.29, 0.717) is 12.0 Å². The van der Waals surface area contributed by atoms with Crippen LogP contribution in [0.2, 0.25) is 0 Å². The first-order chi connectivity index (χ1) is 7.39. The van der Waals surface area contributed by atoms with Crippen LogP contribution in [0.15, 0.2) is 12.1 Å². The van der Waals surface area contributed by atoms with Crippen LogP contribution in [0.4, 0.5) is 14.5 Å². The van der Waals surface area contributed by atoms with Crippen LogP contribution in [0.25, 0.3) is 0 Å². The summed E-state index contributed by atoms with van der Waals surface area (Å²) in [7, 11) is 0. The van der Waals surface area contributed by atoms with E-state index >= 15 is 0 Å². The van der Waals surface area contributed by atoms with E-state index in [1.54, 1.807) is 0 Å². The average molecular weight is 225 g/mol. The molecule has 0 radical (unpaired) electrons. The van der Waals surface area contributed by atoms with Crippen molar-refractivity contribution in [2.45, 2.75) is 39.2 Å². The van der Waals surface area contributed by atoms with Crippen molar-refractivity contribution in [3.8, 4) is 0 Å². The SMILES string of the molecule is CC(C)(C)N1CCCc2c(F)cc(F)cc21. The van der Waals surface area contributed by atoms with Crippen LogP contribution in [-0.4, -0.2) is 12.1 Å². The van der Waals surface area contributed by atoms with Crippen molar-refractivity contribution in [2.75, 3.05) is 11.4 Å². The first kappa shape index (κ1) is 11.4. The lowest BCUT2D eigenvalue weighted by Crippen LogP contribution is -2.44. The highest BCUT2D eigenvalue weighted by atomic mass is 19.1. The molecule has 1 heterocycles. The molecular weight excluding hydrogens is 208 g/mol. The highest BCUT2D eigenvalue weighted by Crippen LogP contribution is 2.34. The van der Waals surface area contributed by atoms with Gasteiger partial charge in [-0.05, 0) is 39.7 Å². The molecule has 0 fully saturated rings. The molecule has 0 N–H and O–H groups in total. The highest BCUT2D eigenvalue weighted by Gasteiger charge is 2.28. The van der Waals surface area contributed by atoms with Crippen LogP contribution in [-0.2, 0) is 6.42 Å². The molecule has 0 amide bonds. The van der Waals surface area contributed by atoms with Crippen molar-refractivity contribution >= 4 is 5.69 Å². The maximum absolute atomic E-state index is 13.6. The largest absolute Gasteiger partial charge is 0.366 e. The van der Waals surface area contributed by atoms with Gasteiger partial charge in [0, 0.05) is 29.4 Å².